The molecule has 3 aromatic carbocycles. The van der Waals surface area contributed by atoms with E-state index in [9.17, 15) is 21.6 Å². The predicted molar refractivity (Wildman–Crippen MR) is 132 cm³/mol. The zero-order valence-corrected chi connectivity index (χ0v) is 21.2. The van der Waals surface area contributed by atoms with Crippen LogP contribution in [0.1, 0.15) is 12.0 Å². The first kappa shape index (κ1) is 26.2. The van der Waals surface area contributed by atoms with Crippen LogP contribution in [0.25, 0.3) is 0 Å². The molecular formula is C25H25F3N2O4S2. The average molecular weight is 539 g/mol. The van der Waals surface area contributed by atoms with E-state index in [0.717, 1.165) is 28.0 Å². The van der Waals surface area contributed by atoms with Crippen molar-refractivity contribution in [3.8, 4) is 11.5 Å². The van der Waals surface area contributed by atoms with E-state index in [1.54, 1.807) is 19.2 Å². The molecule has 0 aliphatic carbocycles. The van der Waals surface area contributed by atoms with Crippen LogP contribution in [0.2, 0.25) is 0 Å². The van der Waals surface area contributed by atoms with Crippen molar-refractivity contribution in [2.24, 2.45) is 0 Å². The van der Waals surface area contributed by atoms with Crippen LogP contribution in [0, 0.1) is 0 Å². The molecule has 0 bridgehead atoms. The highest BCUT2D eigenvalue weighted by Crippen LogP contribution is 2.39. The first-order chi connectivity index (χ1) is 17.0. The van der Waals surface area contributed by atoms with Crippen molar-refractivity contribution in [2.75, 3.05) is 32.0 Å². The van der Waals surface area contributed by atoms with Crippen LogP contribution in [-0.4, -0.2) is 46.7 Å². The van der Waals surface area contributed by atoms with Gasteiger partial charge in [0.15, 0.2) is 0 Å². The van der Waals surface area contributed by atoms with Crippen molar-refractivity contribution >= 4 is 27.5 Å². The standard InChI is InChI=1S/C25H25F3N2O4S2/c1-30-13-12-19(16-30)34-24-14-17(6-11-23(24)25(26,27)28)29-36(31,32)22-9-7-20(8-10-22)35-21-5-3-4-18(15-21)33-2/h3-11,14-15,19,29H,12-13,16H2,1-2H3. The second-order valence-corrected chi connectivity index (χ2v) is 11.2. The third-order valence-corrected chi connectivity index (χ3v) is 7.99. The van der Waals surface area contributed by atoms with Crippen molar-refractivity contribution in [1.29, 1.82) is 0 Å². The van der Waals surface area contributed by atoms with Crippen LogP contribution in [0.5, 0.6) is 11.5 Å². The molecule has 0 amide bonds. The number of nitrogens with zero attached hydrogens (tertiary/aromatic N) is 1. The molecule has 4 rings (SSSR count). The summed E-state index contributed by atoms with van der Waals surface area (Å²) in [7, 11) is -0.600. The van der Waals surface area contributed by atoms with Crippen molar-refractivity contribution in [2.45, 2.75) is 33.4 Å². The van der Waals surface area contributed by atoms with E-state index < -0.39 is 33.6 Å². The molecule has 1 fully saturated rings. The number of rotatable bonds is 8. The topological polar surface area (TPSA) is 67.9 Å². The van der Waals surface area contributed by atoms with Crippen molar-refractivity contribution in [3.05, 3.63) is 72.3 Å². The van der Waals surface area contributed by atoms with Crippen molar-refractivity contribution in [3.63, 3.8) is 0 Å². The van der Waals surface area contributed by atoms with Crippen LogP contribution in [0.4, 0.5) is 18.9 Å². The van der Waals surface area contributed by atoms with E-state index in [0.29, 0.717) is 25.3 Å². The molecule has 11 heteroatoms. The van der Waals surface area contributed by atoms with Gasteiger partial charge in [-0.2, -0.15) is 13.2 Å². The largest absolute Gasteiger partial charge is 0.497 e. The highest BCUT2D eigenvalue weighted by atomic mass is 32.2. The van der Waals surface area contributed by atoms with Gasteiger partial charge < -0.3 is 14.4 Å². The molecule has 1 saturated heterocycles. The summed E-state index contributed by atoms with van der Waals surface area (Å²) >= 11 is 1.44. The maximum Gasteiger partial charge on any atom is 0.419 e. The maximum absolute atomic E-state index is 13.5. The van der Waals surface area contributed by atoms with E-state index in [1.807, 2.05) is 36.2 Å². The molecule has 0 saturated carbocycles. The second kappa shape index (κ2) is 10.6. The van der Waals surface area contributed by atoms with Crippen molar-refractivity contribution in [1.82, 2.24) is 4.90 Å². The number of likely N-dealkylation sites (tertiary alicyclic amines) is 1. The number of halogens is 3. The number of hydrogen-bond acceptors (Lipinski definition) is 6. The molecule has 0 aromatic heterocycles. The van der Waals surface area contributed by atoms with E-state index in [4.69, 9.17) is 9.47 Å². The molecule has 0 spiro atoms. The Balaban J connectivity index is 1.51. The molecule has 1 N–H and O–H groups in total. The zero-order chi connectivity index (χ0) is 25.9. The van der Waals surface area contributed by atoms with Crippen LogP contribution in [0.3, 0.4) is 0 Å². The summed E-state index contributed by atoms with van der Waals surface area (Å²) in [5, 5.41) is 0. The number of alkyl halides is 3. The lowest BCUT2D eigenvalue weighted by Gasteiger charge is -2.19. The number of ether oxygens (including phenoxy) is 2. The Morgan fingerprint density at radius 3 is 2.42 bits per heavy atom. The van der Waals surface area contributed by atoms with Crippen LogP contribution >= 0.6 is 11.8 Å². The molecule has 1 unspecified atom stereocenters. The molecule has 192 valence electrons. The summed E-state index contributed by atoms with van der Waals surface area (Å²) in [4.78, 5) is 3.68. The maximum atomic E-state index is 13.5. The van der Waals surface area contributed by atoms with E-state index >= 15 is 0 Å². The van der Waals surface area contributed by atoms with Crippen LogP contribution in [0.15, 0.2) is 81.4 Å². The number of hydrogen-bond donors (Lipinski definition) is 1. The molecule has 1 heterocycles. The zero-order valence-electron chi connectivity index (χ0n) is 19.6. The number of benzene rings is 3. The van der Waals surface area contributed by atoms with Crippen molar-refractivity contribution < 1.29 is 31.1 Å². The number of nitrogens with one attached hydrogen (secondary N) is 1. The Labute approximate surface area is 212 Å². The summed E-state index contributed by atoms with van der Waals surface area (Å²) < 4.78 is 79.7. The Hall–Kier alpha value is -2.89. The summed E-state index contributed by atoms with van der Waals surface area (Å²) in [6.07, 6.45) is -4.45. The minimum atomic E-state index is -4.63. The van der Waals surface area contributed by atoms with Gasteiger partial charge in [0.2, 0.25) is 0 Å². The Morgan fingerprint density at radius 2 is 1.78 bits per heavy atom. The minimum Gasteiger partial charge on any atom is -0.497 e. The van der Waals surface area contributed by atoms with Gasteiger partial charge in [-0.05, 0) is 68.1 Å². The molecule has 6 nitrogen and oxygen atoms in total. The second-order valence-electron chi connectivity index (χ2n) is 8.36. The van der Waals surface area contributed by atoms with Gasteiger partial charge in [0, 0.05) is 28.9 Å². The molecule has 36 heavy (non-hydrogen) atoms. The first-order valence-electron chi connectivity index (χ1n) is 11.0. The molecule has 1 aliphatic heterocycles. The van der Waals surface area contributed by atoms with Gasteiger partial charge in [0.25, 0.3) is 10.0 Å². The Bertz CT molecular complexity index is 1320. The highest BCUT2D eigenvalue weighted by Gasteiger charge is 2.36. The first-order valence-corrected chi connectivity index (χ1v) is 13.3. The third kappa shape index (κ3) is 6.45. The highest BCUT2D eigenvalue weighted by molar-refractivity contribution is 7.99. The molecule has 1 atom stereocenters. The van der Waals surface area contributed by atoms with Gasteiger partial charge in [-0.3, -0.25) is 4.72 Å². The molecule has 1 aliphatic rings. The fourth-order valence-electron chi connectivity index (χ4n) is 3.79. The minimum absolute atomic E-state index is 0.0146. The van der Waals surface area contributed by atoms with Crippen LogP contribution in [-0.2, 0) is 16.2 Å². The third-order valence-electron chi connectivity index (χ3n) is 5.59. The number of anilines is 1. The average Bonchev–Trinajstić information content (AvgIpc) is 3.23. The predicted octanol–water partition coefficient (Wildman–Crippen LogP) is 5.75. The van der Waals surface area contributed by atoms with Gasteiger partial charge in [0.1, 0.15) is 17.6 Å². The van der Waals surface area contributed by atoms with Gasteiger partial charge in [-0.15, -0.1) is 0 Å². The molecule has 0 radical (unpaired) electrons. The Kier molecular flexibility index (Phi) is 7.72. The number of likely N-dealkylation sites (N-methyl/N-ethyl adjacent to an activating group) is 1. The normalized spacial score (nSPS) is 16.6. The van der Waals surface area contributed by atoms with Gasteiger partial charge in [-0.25, -0.2) is 8.42 Å². The van der Waals surface area contributed by atoms with Gasteiger partial charge in [-0.1, -0.05) is 17.8 Å². The monoisotopic (exact) mass is 538 g/mol. The lowest BCUT2D eigenvalue weighted by Crippen LogP contribution is -2.23. The fraction of sp³-hybridized carbons (Fsp3) is 0.280. The quantitative estimate of drug-likeness (QED) is 0.394. The van der Waals surface area contributed by atoms with E-state index in [2.05, 4.69) is 4.72 Å². The number of methoxy groups -OCH3 is 1. The lowest BCUT2D eigenvalue weighted by atomic mass is 10.1. The van der Waals surface area contributed by atoms with E-state index in [1.165, 1.54) is 23.9 Å². The van der Waals surface area contributed by atoms with E-state index in [-0.39, 0.29) is 10.6 Å². The fourth-order valence-corrected chi connectivity index (χ4v) is 5.71. The number of sulfonamides is 1. The molecule has 3 aromatic rings. The van der Waals surface area contributed by atoms with Gasteiger partial charge >= 0.3 is 6.18 Å². The summed E-state index contributed by atoms with van der Waals surface area (Å²) in [6, 6.07) is 16.7. The van der Waals surface area contributed by atoms with Gasteiger partial charge in [0.05, 0.1) is 23.3 Å². The summed E-state index contributed by atoms with van der Waals surface area (Å²) in [6.45, 7) is 1.21. The SMILES string of the molecule is COc1cccc(Sc2ccc(S(=O)(=O)Nc3ccc(C(F)(F)F)c(OC4CCN(C)C4)c3)cc2)c1. The lowest BCUT2D eigenvalue weighted by molar-refractivity contribution is -0.139. The molecular weight excluding hydrogens is 513 g/mol. The van der Waals surface area contributed by atoms with Crippen LogP contribution < -0.4 is 14.2 Å². The Morgan fingerprint density at radius 1 is 1.03 bits per heavy atom. The smallest absolute Gasteiger partial charge is 0.419 e. The summed E-state index contributed by atoms with van der Waals surface area (Å²) in [5.41, 5.74) is -0.960. The summed E-state index contributed by atoms with van der Waals surface area (Å²) in [5.74, 6) is 0.316.